The summed E-state index contributed by atoms with van der Waals surface area (Å²) >= 11 is 0. The standard InChI is InChI=1S/C23H20NO.C22H18NO.C21H16NO.3C13H24O2.3Ir/c1-14-8-15(2)10-18(9-14)20-12-21-19(13-24-20)11-22(25-21)23-16(3)6-5-7-17(23)4;1-14-4-6-17(7-5-14)21-11-19-13-23-20(12-22(19)24-21)18-9-15(2)8-16(3)10-18;1-14-8-15(2)10-17(9-14)19-12-21-18(13-22-19)11-20(23-21)16-6-4-3-5-7-16;3*1-5-10(6-2)12(14)9-13(15)11(7-3)8-4;;;/h5-9,11-13H,1-4H3;4-9,11-13H,1-3H3;3-9,11-13H,1-2H3;3*9-11,14H,5-8H2,1-4H3;;;/q3*-1;;;;;;. The molecule has 120 heavy (non-hydrogen) atoms. The number of carbonyl (C=O) groups excluding carboxylic acids is 3. The Labute approximate surface area is 756 Å². The van der Waals surface area contributed by atoms with Crippen molar-refractivity contribution in [1.82, 2.24) is 15.0 Å². The molecule has 12 aromatic rings. The first-order chi connectivity index (χ1) is 56.1. The number of aryl methyl sites for hydroxylation is 9. The number of aliphatic hydroxyl groups excluding tert-OH is 3. The summed E-state index contributed by atoms with van der Waals surface area (Å²) in [6, 6.07) is 59.7. The van der Waals surface area contributed by atoms with Crippen molar-refractivity contribution in [2.24, 2.45) is 35.5 Å². The topological polar surface area (TPSA) is 190 Å². The molecule has 0 atom stereocenters. The van der Waals surface area contributed by atoms with Gasteiger partial charge in [-0.25, -0.2) is 0 Å². The number of ketones is 3. The number of benzene rings is 6. The third-order valence-electron chi connectivity index (χ3n) is 21.8. The monoisotopic (exact) mass is 2150 g/mol. The summed E-state index contributed by atoms with van der Waals surface area (Å²) in [5.74, 6) is 4.27. The summed E-state index contributed by atoms with van der Waals surface area (Å²) in [6.45, 7) is 43.0. The Morgan fingerprint density at radius 2 is 0.600 bits per heavy atom. The van der Waals surface area contributed by atoms with Crippen LogP contribution in [0.3, 0.4) is 0 Å². The zero-order valence-corrected chi connectivity index (χ0v) is 81.6. The fraction of sp³-hybridized carbons (Fsp3) is 0.371. The molecule has 12 nitrogen and oxygen atoms in total. The summed E-state index contributed by atoms with van der Waals surface area (Å²) in [5, 5.41) is 32.3. The Morgan fingerprint density at radius 1 is 0.325 bits per heavy atom. The number of rotatable bonds is 27. The molecule has 0 saturated heterocycles. The maximum Gasteiger partial charge on any atom is 0.162 e. The van der Waals surface area contributed by atoms with E-state index in [-0.39, 0.29) is 130 Å². The van der Waals surface area contributed by atoms with Gasteiger partial charge < -0.3 is 43.5 Å². The van der Waals surface area contributed by atoms with Crippen LogP contribution in [-0.2, 0) is 74.7 Å². The minimum absolute atomic E-state index is 0. The van der Waals surface area contributed by atoms with Crippen molar-refractivity contribution >= 4 is 50.3 Å². The van der Waals surface area contributed by atoms with E-state index in [0.717, 1.165) is 189 Å². The van der Waals surface area contributed by atoms with Crippen molar-refractivity contribution in [3.8, 4) is 67.7 Å². The van der Waals surface area contributed by atoms with E-state index in [1.165, 1.54) is 57.2 Å². The number of allylic oxidation sites excluding steroid dienone is 6. The van der Waals surface area contributed by atoms with Gasteiger partial charge in [-0.1, -0.05) is 203 Å². The number of nitrogens with zero attached hydrogens (tertiary/aromatic N) is 3. The number of pyridine rings is 3. The van der Waals surface area contributed by atoms with Gasteiger partial charge in [0.15, 0.2) is 17.3 Å². The van der Waals surface area contributed by atoms with Crippen LogP contribution in [0.25, 0.3) is 101 Å². The van der Waals surface area contributed by atoms with Gasteiger partial charge in [0.05, 0.1) is 17.3 Å². The van der Waals surface area contributed by atoms with Gasteiger partial charge in [-0.05, 0) is 162 Å². The zero-order chi connectivity index (χ0) is 85.6. The van der Waals surface area contributed by atoms with E-state index in [1.807, 2.05) is 162 Å². The molecule has 0 amide bonds. The summed E-state index contributed by atoms with van der Waals surface area (Å²) in [5.41, 5.74) is 22.2. The number of aliphatic hydroxyl groups is 3. The van der Waals surface area contributed by atoms with Crippen LogP contribution in [0, 0.1) is 116 Å². The fourth-order valence-electron chi connectivity index (χ4n) is 14.6. The summed E-state index contributed by atoms with van der Waals surface area (Å²) < 4.78 is 18.3. The van der Waals surface area contributed by atoms with Crippen molar-refractivity contribution in [3.63, 3.8) is 0 Å². The minimum atomic E-state index is 0. The van der Waals surface area contributed by atoms with Gasteiger partial charge in [-0.3, -0.25) is 14.4 Å². The molecule has 645 valence electrons. The maximum absolute atomic E-state index is 11.7. The van der Waals surface area contributed by atoms with Gasteiger partial charge in [0, 0.05) is 165 Å². The van der Waals surface area contributed by atoms with Crippen molar-refractivity contribution in [3.05, 3.63) is 268 Å². The molecule has 0 fully saturated rings. The van der Waals surface area contributed by atoms with Crippen LogP contribution in [0.4, 0.5) is 0 Å². The SMILES string of the molecule is CCC(CC)C(=O)C=C(O)C(CC)CC.CCC(CC)C(=O)C=C(O)C(CC)CC.CCC(CC)C(=O)C=C(O)C(CC)CC.Cc1[c-]c(-c2cc3oc(-c4c(C)cccc4C)cc3cn2)cc(C)c1.Cc1[c-]c(-c2cc3oc(-c4ccc(C)cc4)cc3cn2)cc(C)c1.Cc1[c-]c(-c2cc3oc(-c4ccccc4)cc3cn2)cc(C)c1.[Ir].[Ir].[Ir]. The molecule has 0 bridgehead atoms. The van der Waals surface area contributed by atoms with Gasteiger partial charge in [0.25, 0.3) is 0 Å². The molecule has 0 aliphatic carbocycles. The van der Waals surface area contributed by atoms with E-state index in [2.05, 4.69) is 180 Å². The molecule has 6 aromatic carbocycles. The average molecular weight is 2150 g/mol. The van der Waals surface area contributed by atoms with E-state index >= 15 is 0 Å². The molecule has 12 rings (SSSR count). The van der Waals surface area contributed by atoms with E-state index in [1.54, 1.807) is 0 Å². The molecule has 3 N–H and O–H groups in total. The third-order valence-corrected chi connectivity index (χ3v) is 21.8. The summed E-state index contributed by atoms with van der Waals surface area (Å²) in [6.07, 6.45) is 20.3. The van der Waals surface area contributed by atoms with Crippen LogP contribution in [-0.4, -0.2) is 47.6 Å². The Balaban J connectivity index is 0.000000306. The molecule has 0 unspecified atom stereocenters. The number of fused-ring (bicyclic) bond motifs is 3. The first-order valence-electron chi connectivity index (χ1n) is 42.3. The number of hydrogen-bond donors (Lipinski definition) is 3. The predicted octanol–water partition coefficient (Wildman–Crippen LogP) is 29.3. The fourth-order valence-corrected chi connectivity index (χ4v) is 14.6. The molecule has 3 radical (unpaired) electrons. The number of furan rings is 3. The van der Waals surface area contributed by atoms with E-state index in [9.17, 15) is 29.7 Å². The first kappa shape index (κ1) is 103. The smallest absolute Gasteiger partial charge is 0.162 e. The van der Waals surface area contributed by atoms with Gasteiger partial charge >= 0.3 is 0 Å². The minimum Gasteiger partial charge on any atom is -0.512 e. The second-order valence-electron chi connectivity index (χ2n) is 30.9. The van der Waals surface area contributed by atoms with Crippen LogP contribution in [0.5, 0.6) is 0 Å². The third kappa shape index (κ3) is 29.9. The van der Waals surface area contributed by atoms with Crippen LogP contribution in [0.1, 0.15) is 210 Å². The predicted molar refractivity (Wildman–Crippen MR) is 485 cm³/mol. The maximum atomic E-state index is 11.7. The Hall–Kier alpha value is -9.03. The average Bonchev–Trinajstić information content (AvgIpc) is 1.64. The van der Waals surface area contributed by atoms with Crippen molar-refractivity contribution in [2.45, 2.75) is 222 Å². The second-order valence-corrected chi connectivity index (χ2v) is 30.9. The van der Waals surface area contributed by atoms with Crippen molar-refractivity contribution in [1.29, 1.82) is 0 Å². The van der Waals surface area contributed by atoms with Gasteiger partial charge in [0.2, 0.25) is 0 Å². The van der Waals surface area contributed by atoms with Crippen LogP contribution < -0.4 is 0 Å². The summed E-state index contributed by atoms with van der Waals surface area (Å²) in [7, 11) is 0. The normalized spacial score (nSPS) is 11.4. The van der Waals surface area contributed by atoms with E-state index in [4.69, 9.17) is 13.3 Å². The van der Waals surface area contributed by atoms with E-state index < -0.39 is 0 Å². The Morgan fingerprint density at radius 3 is 0.883 bits per heavy atom. The molecule has 6 aromatic heterocycles. The van der Waals surface area contributed by atoms with Crippen molar-refractivity contribution in [2.75, 3.05) is 0 Å². The molecule has 0 aliphatic heterocycles. The van der Waals surface area contributed by atoms with Crippen LogP contribution in [0.2, 0.25) is 0 Å². The second kappa shape index (κ2) is 51.7. The quantitative estimate of drug-likeness (QED) is 0.0251. The van der Waals surface area contributed by atoms with Gasteiger partial charge in [0.1, 0.15) is 34.0 Å². The number of aromatic nitrogens is 3. The van der Waals surface area contributed by atoms with Crippen LogP contribution in [0.15, 0.2) is 213 Å². The molecule has 0 spiro atoms. The Bertz CT molecular complexity index is 5100. The molecular weight excluding hydrogens is 2020 g/mol. The number of hydrogen-bond acceptors (Lipinski definition) is 12. The molecule has 15 heteroatoms. The van der Waals surface area contributed by atoms with Crippen LogP contribution >= 0.6 is 0 Å². The largest absolute Gasteiger partial charge is 0.512 e. The summed E-state index contributed by atoms with van der Waals surface area (Å²) in [4.78, 5) is 48.9. The zero-order valence-electron chi connectivity index (χ0n) is 74.4. The van der Waals surface area contributed by atoms with E-state index in [0.29, 0.717) is 0 Å². The molecule has 6 heterocycles. The molecule has 0 saturated carbocycles. The first-order valence-corrected chi connectivity index (χ1v) is 42.3. The van der Waals surface area contributed by atoms with Crippen molar-refractivity contribution < 1.29 is 103 Å². The molecule has 0 aliphatic rings. The van der Waals surface area contributed by atoms with Gasteiger partial charge in [-0.2, -0.15) is 0 Å². The molecular formula is C105H126Ir3N3O9-3. The van der Waals surface area contributed by atoms with Gasteiger partial charge in [-0.15, -0.1) is 105 Å². The Kier molecular flexibility index (Phi) is 44.5. The number of carbonyl (C=O) groups is 3.